The van der Waals surface area contributed by atoms with Crippen LogP contribution in [0.2, 0.25) is 0 Å². The summed E-state index contributed by atoms with van der Waals surface area (Å²) in [5, 5.41) is 4.39. The zero-order valence-electron chi connectivity index (χ0n) is 13.0. The lowest BCUT2D eigenvalue weighted by Crippen LogP contribution is -2.34. The molecule has 1 saturated heterocycles. The number of H-pyrrole nitrogens is 1. The number of aromatic nitrogens is 4. The summed E-state index contributed by atoms with van der Waals surface area (Å²) < 4.78 is 11.1. The molecule has 1 aliphatic heterocycles. The van der Waals surface area contributed by atoms with E-state index in [2.05, 4.69) is 25.3 Å². The van der Waals surface area contributed by atoms with Crippen LogP contribution in [-0.4, -0.2) is 52.4 Å². The molecule has 0 amide bonds. The lowest BCUT2D eigenvalue weighted by atomic mass is 10.1. The summed E-state index contributed by atoms with van der Waals surface area (Å²) in [5.41, 5.74) is 9.13. The van der Waals surface area contributed by atoms with Crippen molar-refractivity contribution >= 4 is 22.7 Å². The maximum Gasteiger partial charge on any atom is 0.220 e. The first-order chi connectivity index (χ1) is 11.8. The molecule has 0 radical (unpaired) electrons. The summed E-state index contributed by atoms with van der Waals surface area (Å²) in [7, 11) is 0. The van der Waals surface area contributed by atoms with Crippen LogP contribution in [0.5, 0.6) is 0 Å². The molecule has 0 spiro atoms. The number of pyridine rings is 1. The molecule has 124 valence electrons. The third-order valence-corrected chi connectivity index (χ3v) is 3.93. The fourth-order valence-corrected chi connectivity index (χ4v) is 2.81. The summed E-state index contributed by atoms with van der Waals surface area (Å²) in [4.78, 5) is 15.8. The van der Waals surface area contributed by atoms with Crippen molar-refractivity contribution < 1.29 is 9.47 Å². The highest BCUT2D eigenvalue weighted by Gasteiger charge is 2.16. The first-order valence-corrected chi connectivity index (χ1v) is 7.79. The van der Waals surface area contributed by atoms with Gasteiger partial charge in [0.25, 0.3) is 0 Å². The molecule has 4 heterocycles. The molecule has 24 heavy (non-hydrogen) atoms. The van der Waals surface area contributed by atoms with E-state index < -0.39 is 0 Å². The van der Waals surface area contributed by atoms with Crippen LogP contribution < -0.4 is 11.1 Å². The number of ether oxygens (including phenoxy) is 2. The van der Waals surface area contributed by atoms with E-state index in [9.17, 15) is 0 Å². The summed E-state index contributed by atoms with van der Waals surface area (Å²) in [5.74, 6) is 0.244. The molecule has 4 rings (SSSR count). The molecule has 3 aromatic heterocycles. The minimum absolute atomic E-state index is 0.0408. The maximum atomic E-state index is 5.71. The predicted octanol–water partition coefficient (Wildman–Crippen LogP) is 1.43. The third-order valence-electron chi connectivity index (χ3n) is 3.93. The lowest BCUT2D eigenvalue weighted by molar-refractivity contribution is -0.0818. The SMILES string of the molecule is Nc1nccc(-c2c[nH]c3nccc(NCC4COCCO4)c23)n1. The summed E-state index contributed by atoms with van der Waals surface area (Å²) in [6.45, 7) is 2.56. The molecule has 8 nitrogen and oxygen atoms in total. The monoisotopic (exact) mass is 326 g/mol. The standard InChI is InChI=1S/C16H18N6O2/c17-16-19-4-1-12(22-16)11-8-21-15-14(11)13(2-3-18-15)20-7-10-9-23-5-6-24-10/h1-4,8,10H,5-7,9H2,(H2,17,19,22)(H2,18,20,21). The Labute approximate surface area is 138 Å². The normalized spacial score (nSPS) is 17.9. The number of anilines is 2. The van der Waals surface area contributed by atoms with Gasteiger partial charge in [-0.25, -0.2) is 15.0 Å². The Hall–Kier alpha value is -2.71. The molecule has 0 saturated carbocycles. The van der Waals surface area contributed by atoms with E-state index >= 15 is 0 Å². The van der Waals surface area contributed by atoms with Gasteiger partial charge in [0.2, 0.25) is 5.95 Å². The van der Waals surface area contributed by atoms with Crippen molar-refractivity contribution in [3.63, 3.8) is 0 Å². The highest BCUT2D eigenvalue weighted by molar-refractivity contribution is 6.01. The minimum atomic E-state index is 0.0408. The van der Waals surface area contributed by atoms with Gasteiger partial charge in [-0.1, -0.05) is 0 Å². The number of nitrogens with zero attached hydrogens (tertiary/aromatic N) is 3. The van der Waals surface area contributed by atoms with Gasteiger partial charge in [0.1, 0.15) is 5.65 Å². The van der Waals surface area contributed by atoms with Gasteiger partial charge >= 0.3 is 0 Å². The summed E-state index contributed by atoms with van der Waals surface area (Å²) >= 11 is 0. The van der Waals surface area contributed by atoms with Crippen molar-refractivity contribution in [3.8, 4) is 11.3 Å². The van der Waals surface area contributed by atoms with Crippen molar-refractivity contribution in [2.24, 2.45) is 0 Å². The Morgan fingerprint density at radius 3 is 3.00 bits per heavy atom. The van der Waals surface area contributed by atoms with Crippen LogP contribution in [-0.2, 0) is 9.47 Å². The lowest BCUT2D eigenvalue weighted by Gasteiger charge is -2.23. The van der Waals surface area contributed by atoms with Gasteiger partial charge in [0, 0.05) is 36.4 Å². The van der Waals surface area contributed by atoms with Crippen LogP contribution in [0.15, 0.2) is 30.7 Å². The Morgan fingerprint density at radius 1 is 1.25 bits per heavy atom. The largest absolute Gasteiger partial charge is 0.382 e. The fraction of sp³-hybridized carbons (Fsp3) is 0.312. The van der Waals surface area contributed by atoms with Crippen molar-refractivity contribution in [1.82, 2.24) is 19.9 Å². The van der Waals surface area contributed by atoms with Crippen molar-refractivity contribution in [1.29, 1.82) is 0 Å². The second-order valence-corrected chi connectivity index (χ2v) is 5.53. The molecule has 0 aliphatic carbocycles. The number of hydrogen-bond acceptors (Lipinski definition) is 7. The zero-order valence-corrected chi connectivity index (χ0v) is 13.0. The number of fused-ring (bicyclic) bond motifs is 1. The van der Waals surface area contributed by atoms with E-state index in [0.717, 1.165) is 28.0 Å². The molecule has 1 atom stereocenters. The van der Waals surface area contributed by atoms with E-state index in [0.29, 0.717) is 26.4 Å². The molecular formula is C16H18N6O2. The molecule has 8 heteroatoms. The van der Waals surface area contributed by atoms with E-state index in [1.165, 1.54) is 0 Å². The minimum Gasteiger partial charge on any atom is -0.382 e. The van der Waals surface area contributed by atoms with Crippen molar-refractivity contribution in [2.45, 2.75) is 6.10 Å². The fourth-order valence-electron chi connectivity index (χ4n) is 2.81. The molecule has 4 N–H and O–H groups in total. The van der Waals surface area contributed by atoms with Gasteiger partial charge < -0.3 is 25.5 Å². The van der Waals surface area contributed by atoms with Crippen LogP contribution in [0.3, 0.4) is 0 Å². The molecular weight excluding hydrogens is 308 g/mol. The van der Waals surface area contributed by atoms with Gasteiger partial charge in [-0.3, -0.25) is 0 Å². The molecule has 1 aliphatic rings. The van der Waals surface area contributed by atoms with E-state index in [1.54, 1.807) is 12.4 Å². The van der Waals surface area contributed by atoms with E-state index in [-0.39, 0.29) is 12.1 Å². The quantitative estimate of drug-likeness (QED) is 0.665. The molecule has 3 aromatic rings. The van der Waals surface area contributed by atoms with Crippen LogP contribution in [0.1, 0.15) is 0 Å². The Bertz CT molecular complexity index is 843. The number of hydrogen-bond donors (Lipinski definition) is 3. The third kappa shape index (κ3) is 2.89. The van der Waals surface area contributed by atoms with Gasteiger partial charge in [0.05, 0.1) is 37.0 Å². The van der Waals surface area contributed by atoms with Gasteiger partial charge in [0.15, 0.2) is 0 Å². The first kappa shape index (κ1) is 14.9. The highest BCUT2D eigenvalue weighted by Crippen LogP contribution is 2.32. The number of rotatable bonds is 4. The Balaban J connectivity index is 1.66. The molecule has 0 aromatic carbocycles. The highest BCUT2D eigenvalue weighted by atomic mass is 16.6. The van der Waals surface area contributed by atoms with Crippen molar-refractivity contribution in [2.75, 3.05) is 37.4 Å². The molecule has 1 unspecified atom stereocenters. The average Bonchev–Trinajstić information content (AvgIpc) is 3.05. The van der Waals surface area contributed by atoms with E-state index in [4.69, 9.17) is 15.2 Å². The van der Waals surface area contributed by atoms with E-state index in [1.807, 2.05) is 18.3 Å². The van der Waals surface area contributed by atoms with Gasteiger partial charge in [-0.05, 0) is 12.1 Å². The first-order valence-electron chi connectivity index (χ1n) is 7.79. The van der Waals surface area contributed by atoms with Crippen LogP contribution in [0, 0.1) is 0 Å². The number of nitrogens with one attached hydrogen (secondary N) is 2. The maximum absolute atomic E-state index is 5.71. The second kappa shape index (κ2) is 6.42. The zero-order chi connectivity index (χ0) is 16.4. The Kier molecular flexibility index (Phi) is 3.97. The van der Waals surface area contributed by atoms with Crippen LogP contribution in [0.4, 0.5) is 11.6 Å². The molecule has 0 bridgehead atoms. The smallest absolute Gasteiger partial charge is 0.220 e. The van der Waals surface area contributed by atoms with Gasteiger partial charge in [-0.15, -0.1) is 0 Å². The average molecular weight is 326 g/mol. The Morgan fingerprint density at radius 2 is 2.17 bits per heavy atom. The number of nitrogens with two attached hydrogens (primary N) is 1. The predicted molar refractivity (Wildman–Crippen MR) is 90.6 cm³/mol. The second-order valence-electron chi connectivity index (χ2n) is 5.53. The van der Waals surface area contributed by atoms with Crippen LogP contribution >= 0.6 is 0 Å². The van der Waals surface area contributed by atoms with Crippen molar-refractivity contribution in [3.05, 3.63) is 30.7 Å². The number of nitrogen functional groups attached to an aromatic ring is 1. The topological polar surface area (TPSA) is 111 Å². The van der Waals surface area contributed by atoms with Gasteiger partial charge in [-0.2, -0.15) is 0 Å². The van der Waals surface area contributed by atoms with Crippen LogP contribution in [0.25, 0.3) is 22.3 Å². The summed E-state index contributed by atoms with van der Waals surface area (Å²) in [6, 6.07) is 3.77. The summed E-state index contributed by atoms with van der Waals surface area (Å²) in [6.07, 6.45) is 5.33. The number of aromatic amines is 1. The molecule has 1 fully saturated rings.